The first kappa shape index (κ1) is 21.4. The standard InChI is InChI=1S/C18H32N6O3S/c1-4-24-16(22-5-9-26-10-6-22)20-21-17(24)28-13-15(25)19-14-18(2,3)23-7-11-27-12-8-23/h4-14H2,1-3H3,(H,19,25). The van der Waals surface area contributed by atoms with E-state index in [-0.39, 0.29) is 11.4 Å². The minimum Gasteiger partial charge on any atom is -0.379 e. The summed E-state index contributed by atoms with van der Waals surface area (Å²) in [6.45, 7) is 14.2. The zero-order chi connectivity index (χ0) is 20.0. The minimum atomic E-state index is -0.0863. The van der Waals surface area contributed by atoms with Gasteiger partial charge in [-0.25, -0.2) is 0 Å². The van der Waals surface area contributed by atoms with E-state index in [1.807, 2.05) is 0 Å². The van der Waals surface area contributed by atoms with Gasteiger partial charge in [0.25, 0.3) is 0 Å². The van der Waals surface area contributed by atoms with Crippen molar-refractivity contribution in [2.45, 2.75) is 38.0 Å². The molecule has 28 heavy (non-hydrogen) atoms. The van der Waals surface area contributed by atoms with Gasteiger partial charge in [-0.3, -0.25) is 14.3 Å². The molecule has 158 valence electrons. The summed E-state index contributed by atoms with van der Waals surface area (Å²) < 4.78 is 12.9. The van der Waals surface area contributed by atoms with E-state index in [2.05, 4.69) is 50.7 Å². The molecule has 0 unspecified atom stereocenters. The van der Waals surface area contributed by atoms with Crippen molar-refractivity contribution in [1.29, 1.82) is 0 Å². The largest absolute Gasteiger partial charge is 0.379 e. The Hall–Kier alpha value is -1.36. The maximum Gasteiger partial charge on any atom is 0.230 e. The molecular formula is C18H32N6O3S. The van der Waals surface area contributed by atoms with Gasteiger partial charge in [-0.2, -0.15) is 0 Å². The molecule has 1 amide bonds. The third kappa shape index (κ3) is 5.37. The number of aromatic nitrogens is 3. The zero-order valence-electron chi connectivity index (χ0n) is 17.1. The first-order chi connectivity index (χ1) is 13.5. The van der Waals surface area contributed by atoms with Crippen molar-refractivity contribution in [3.8, 4) is 0 Å². The Balaban J connectivity index is 1.49. The second kappa shape index (κ2) is 9.91. The second-order valence-corrected chi connectivity index (χ2v) is 8.55. The van der Waals surface area contributed by atoms with E-state index in [4.69, 9.17) is 9.47 Å². The number of carbonyl (C=O) groups excluding carboxylic acids is 1. The van der Waals surface area contributed by atoms with E-state index in [1.165, 1.54) is 11.8 Å². The van der Waals surface area contributed by atoms with Crippen molar-refractivity contribution in [3.05, 3.63) is 0 Å². The molecule has 0 bridgehead atoms. The molecule has 2 aliphatic rings. The zero-order valence-corrected chi connectivity index (χ0v) is 18.0. The summed E-state index contributed by atoms with van der Waals surface area (Å²) in [5.41, 5.74) is -0.0863. The highest BCUT2D eigenvalue weighted by molar-refractivity contribution is 7.99. The van der Waals surface area contributed by atoms with Crippen molar-refractivity contribution in [2.24, 2.45) is 0 Å². The highest BCUT2D eigenvalue weighted by Crippen LogP contribution is 2.22. The number of anilines is 1. The van der Waals surface area contributed by atoms with E-state index in [9.17, 15) is 4.79 Å². The number of thioether (sulfide) groups is 1. The van der Waals surface area contributed by atoms with Crippen LogP contribution in [0.25, 0.3) is 0 Å². The van der Waals surface area contributed by atoms with Crippen LogP contribution in [-0.4, -0.2) is 96.0 Å². The van der Waals surface area contributed by atoms with E-state index >= 15 is 0 Å². The summed E-state index contributed by atoms with van der Waals surface area (Å²) >= 11 is 1.44. The quantitative estimate of drug-likeness (QED) is 0.617. The number of hydrogen-bond acceptors (Lipinski definition) is 8. The number of morpholine rings is 2. The molecule has 1 N–H and O–H groups in total. The summed E-state index contributed by atoms with van der Waals surface area (Å²) in [7, 11) is 0. The number of nitrogens with one attached hydrogen (secondary N) is 1. The van der Waals surface area contributed by atoms with Crippen LogP contribution in [0.3, 0.4) is 0 Å². The molecule has 0 aliphatic carbocycles. The molecule has 1 aromatic heterocycles. The van der Waals surface area contributed by atoms with E-state index in [1.54, 1.807) is 0 Å². The molecule has 0 atom stereocenters. The molecular weight excluding hydrogens is 380 g/mol. The Morgan fingerprint density at radius 1 is 1.11 bits per heavy atom. The number of nitrogens with zero attached hydrogens (tertiary/aromatic N) is 5. The van der Waals surface area contributed by atoms with E-state index in [0.717, 1.165) is 57.0 Å². The topological polar surface area (TPSA) is 84.8 Å². The Morgan fingerprint density at radius 3 is 2.39 bits per heavy atom. The number of carbonyl (C=O) groups is 1. The van der Waals surface area contributed by atoms with Crippen LogP contribution in [-0.2, 0) is 20.8 Å². The fourth-order valence-electron chi connectivity index (χ4n) is 3.44. The summed E-state index contributed by atoms with van der Waals surface area (Å²) in [6, 6.07) is 0. The van der Waals surface area contributed by atoms with Gasteiger partial charge >= 0.3 is 0 Å². The third-order valence-corrected chi connectivity index (χ3v) is 6.19. The van der Waals surface area contributed by atoms with Gasteiger partial charge in [0.1, 0.15) is 0 Å². The molecule has 0 saturated carbocycles. The van der Waals surface area contributed by atoms with Crippen LogP contribution in [0.2, 0.25) is 0 Å². The lowest BCUT2D eigenvalue weighted by molar-refractivity contribution is -0.119. The molecule has 0 radical (unpaired) electrons. The maximum atomic E-state index is 12.4. The van der Waals surface area contributed by atoms with Gasteiger partial charge in [0.2, 0.25) is 11.9 Å². The molecule has 3 rings (SSSR count). The number of amides is 1. The van der Waals surface area contributed by atoms with E-state index < -0.39 is 0 Å². The van der Waals surface area contributed by atoms with Crippen molar-refractivity contribution >= 4 is 23.6 Å². The van der Waals surface area contributed by atoms with Crippen LogP contribution in [0.15, 0.2) is 5.16 Å². The Kier molecular flexibility index (Phi) is 7.55. The smallest absolute Gasteiger partial charge is 0.230 e. The first-order valence-electron chi connectivity index (χ1n) is 9.99. The molecule has 2 fully saturated rings. The van der Waals surface area contributed by atoms with Crippen LogP contribution in [0.1, 0.15) is 20.8 Å². The molecule has 2 saturated heterocycles. The molecule has 2 aliphatic heterocycles. The third-order valence-electron chi connectivity index (χ3n) is 5.23. The number of hydrogen-bond donors (Lipinski definition) is 1. The summed E-state index contributed by atoms with van der Waals surface area (Å²) in [5.74, 6) is 1.22. The van der Waals surface area contributed by atoms with Gasteiger partial charge in [-0.15, -0.1) is 10.2 Å². The summed E-state index contributed by atoms with van der Waals surface area (Å²) in [6.07, 6.45) is 0. The highest BCUT2D eigenvalue weighted by atomic mass is 32.2. The van der Waals surface area contributed by atoms with E-state index in [0.29, 0.717) is 25.5 Å². The SMILES string of the molecule is CCn1c(SCC(=O)NCC(C)(C)N2CCOCC2)nnc1N1CCOCC1. The van der Waals surface area contributed by atoms with Crippen molar-refractivity contribution in [1.82, 2.24) is 25.0 Å². The van der Waals surface area contributed by atoms with Gasteiger partial charge in [-0.05, 0) is 20.8 Å². The second-order valence-electron chi connectivity index (χ2n) is 7.60. The first-order valence-corrected chi connectivity index (χ1v) is 11.0. The maximum absolute atomic E-state index is 12.4. The summed E-state index contributed by atoms with van der Waals surface area (Å²) in [5, 5.41) is 12.5. The van der Waals surface area contributed by atoms with Crippen LogP contribution in [0.5, 0.6) is 0 Å². The number of ether oxygens (including phenoxy) is 2. The lowest BCUT2D eigenvalue weighted by Gasteiger charge is -2.40. The van der Waals surface area contributed by atoms with Gasteiger partial charge in [-0.1, -0.05) is 11.8 Å². The Morgan fingerprint density at radius 2 is 1.75 bits per heavy atom. The predicted octanol–water partition coefficient (Wildman–Crippen LogP) is 0.454. The van der Waals surface area contributed by atoms with Gasteiger partial charge in [0.05, 0.1) is 32.2 Å². The molecule has 1 aromatic rings. The van der Waals surface area contributed by atoms with Gasteiger partial charge in [0.15, 0.2) is 5.16 Å². The van der Waals surface area contributed by atoms with Crippen molar-refractivity contribution < 1.29 is 14.3 Å². The molecule has 10 heteroatoms. The Bertz CT molecular complexity index is 641. The number of rotatable bonds is 8. The van der Waals surface area contributed by atoms with Crippen molar-refractivity contribution in [2.75, 3.05) is 69.8 Å². The molecule has 0 spiro atoms. The minimum absolute atomic E-state index is 0.0184. The van der Waals surface area contributed by atoms with Crippen LogP contribution in [0.4, 0.5) is 5.95 Å². The monoisotopic (exact) mass is 412 g/mol. The van der Waals surface area contributed by atoms with Gasteiger partial charge in [0, 0.05) is 44.8 Å². The fraction of sp³-hybridized carbons (Fsp3) is 0.833. The van der Waals surface area contributed by atoms with Crippen LogP contribution >= 0.6 is 11.8 Å². The van der Waals surface area contributed by atoms with Crippen molar-refractivity contribution in [3.63, 3.8) is 0 Å². The van der Waals surface area contributed by atoms with Gasteiger partial charge < -0.3 is 19.7 Å². The lowest BCUT2D eigenvalue weighted by Crippen LogP contribution is -2.55. The molecule has 9 nitrogen and oxygen atoms in total. The highest BCUT2D eigenvalue weighted by Gasteiger charge is 2.28. The summed E-state index contributed by atoms with van der Waals surface area (Å²) in [4.78, 5) is 17.0. The predicted molar refractivity (Wildman–Crippen MR) is 109 cm³/mol. The van der Waals surface area contributed by atoms with Crippen LogP contribution < -0.4 is 10.2 Å². The van der Waals surface area contributed by atoms with Crippen LogP contribution in [0, 0.1) is 0 Å². The fourth-order valence-corrected chi connectivity index (χ4v) is 4.27. The lowest BCUT2D eigenvalue weighted by atomic mass is 10.0. The molecule has 0 aromatic carbocycles. The average Bonchev–Trinajstić information content (AvgIpc) is 3.15. The molecule has 3 heterocycles. The average molecular weight is 413 g/mol. The normalized spacial score (nSPS) is 19.0. The Labute approximate surface area is 171 Å².